The van der Waals surface area contributed by atoms with Gasteiger partial charge in [-0.15, -0.1) is 0 Å². The van der Waals surface area contributed by atoms with Crippen molar-refractivity contribution in [1.82, 2.24) is 15.5 Å². The van der Waals surface area contributed by atoms with Crippen LogP contribution in [0.1, 0.15) is 59.5 Å². The molecule has 39 heavy (non-hydrogen) atoms. The largest absolute Gasteiger partial charge is 0.390 e. The van der Waals surface area contributed by atoms with Crippen molar-refractivity contribution in [3.63, 3.8) is 0 Å². The zero-order valence-corrected chi connectivity index (χ0v) is 21.3. The van der Waals surface area contributed by atoms with Crippen LogP contribution in [0.3, 0.4) is 0 Å². The molecule has 4 amide bonds. The van der Waals surface area contributed by atoms with E-state index >= 15 is 0 Å². The molecule has 10 heteroatoms. The Balaban J connectivity index is 1.14. The smallest absolute Gasteiger partial charge is 0.255 e. The number of rotatable bonds is 7. The number of fused-ring (bicyclic) bond motifs is 1. The maximum atomic E-state index is 13.0. The maximum Gasteiger partial charge on any atom is 0.255 e. The van der Waals surface area contributed by atoms with Crippen LogP contribution < -0.4 is 16.0 Å². The van der Waals surface area contributed by atoms with Crippen LogP contribution in [-0.4, -0.2) is 58.1 Å². The van der Waals surface area contributed by atoms with Crippen LogP contribution in [0.5, 0.6) is 0 Å². The lowest BCUT2D eigenvalue weighted by molar-refractivity contribution is -0.137. The molecule has 2 aromatic rings. The van der Waals surface area contributed by atoms with Gasteiger partial charge >= 0.3 is 0 Å². The Hall–Kier alpha value is -4.31. The van der Waals surface area contributed by atoms with Crippen LogP contribution >= 0.6 is 0 Å². The number of benzene rings is 2. The number of nitrogens with zero attached hydrogens (tertiary/aromatic N) is 1. The van der Waals surface area contributed by atoms with Crippen molar-refractivity contribution in [3.05, 3.63) is 77.0 Å². The van der Waals surface area contributed by atoms with E-state index in [-0.39, 0.29) is 61.8 Å². The van der Waals surface area contributed by atoms with Gasteiger partial charge in [-0.2, -0.15) is 0 Å². The summed E-state index contributed by atoms with van der Waals surface area (Å²) in [5.41, 5.74) is 2.88. The summed E-state index contributed by atoms with van der Waals surface area (Å²) in [5.74, 6) is -1.59. The second kappa shape index (κ2) is 11.2. The zero-order valence-electron chi connectivity index (χ0n) is 21.3. The maximum absolute atomic E-state index is 13.0. The lowest BCUT2D eigenvalue weighted by Gasteiger charge is -2.29. The Morgan fingerprint density at radius 2 is 1.87 bits per heavy atom. The molecule has 0 radical (unpaired) electrons. The molecule has 202 valence electrons. The number of Topliss-reactive ketones (excluding diaryl/α,β-unsaturated/α-hetero) is 1. The number of hydrogen-bond donors (Lipinski definition) is 4. The van der Waals surface area contributed by atoms with Crippen LogP contribution in [0.2, 0.25) is 0 Å². The van der Waals surface area contributed by atoms with E-state index in [1.165, 1.54) is 11.1 Å². The number of hydrogen-bond acceptors (Lipinski definition) is 7. The predicted molar refractivity (Wildman–Crippen MR) is 141 cm³/mol. The summed E-state index contributed by atoms with van der Waals surface area (Å²) in [6.07, 6.45) is 1.92. The SMILES string of the molecule is O=C1CCC(N2Cc3c(NC(=O)CCN/C=C4/C(=O)CC(c5ccccc5)CC4O)cccc3C2=O)C(=O)N1. The molecule has 2 heterocycles. The third-order valence-corrected chi connectivity index (χ3v) is 7.50. The number of carbonyl (C=O) groups is 5. The Morgan fingerprint density at radius 3 is 2.62 bits per heavy atom. The first-order chi connectivity index (χ1) is 18.8. The van der Waals surface area contributed by atoms with Gasteiger partial charge in [-0.25, -0.2) is 0 Å². The van der Waals surface area contributed by atoms with Gasteiger partial charge in [0, 0.05) is 60.9 Å². The minimum absolute atomic E-state index is 0.0259. The molecule has 1 aliphatic carbocycles. The number of nitrogens with one attached hydrogen (secondary N) is 3. The van der Waals surface area contributed by atoms with Gasteiger partial charge < -0.3 is 20.6 Å². The average molecular weight is 531 g/mol. The van der Waals surface area contributed by atoms with Crippen molar-refractivity contribution in [2.45, 2.75) is 56.7 Å². The summed E-state index contributed by atoms with van der Waals surface area (Å²) >= 11 is 0. The molecule has 5 rings (SSSR count). The molecule has 2 aliphatic heterocycles. The van der Waals surface area contributed by atoms with Gasteiger partial charge in [0.15, 0.2) is 5.78 Å². The van der Waals surface area contributed by atoms with Crippen LogP contribution in [0.25, 0.3) is 0 Å². The molecule has 2 fully saturated rings. The Morgan fingerprint density at radius 1 is 1.08 bits per heavy atom. The first kappa shape index (κ1) is 26.3. The summed E-state index contributed by atoms with van der Waals surface area (Å²) in [6.45, 7) is 0.402. The molecular formula is C29H30N4O6. The van der Waals surface area contributed by atoms with Gasteiger partial charge in [-0.1, -0.05) is 36.4 Å². The topological polar surface area (TPSA) is 145 Å². The lowest BCUT2D eigenvalue weighted by Crippen LogP contribution is -2.52. The summed E-state index contributed by atoms with van der Waals surface area (Å²) < 4.78 is 0. The van der Waals surface area contributed by atoms with Crippen LogP contribution in [-0.2, 0) is 25.7 Å². The number of anilines is 1. The molecule has 1 saturated carbocycles. The van der Waals surface area contributed by atoms with Gasteiger partial charge in [0.05, 0.1) is 6.10 Å². The van der Waals surface area contributed by atoms with E-state index in [2.05, 4.69) is 16.0 Å². The summed E-state index contributed by atoms with van der Waals surface area (Å²) in [5, 5.41) is 18.6. The quantitative estimate of drug-likeness (QED) is 0.243. The van der Waals surface area contributed by atoms with Crippen molar-refractivity contribution in [2.75, 3.05) is 11.9 Å². The third-order valence-electron chi connectivity index (χ3n) is 7.50. The van der Waals surface area contributed by atoms with Gasteiger partial charge in [0.1, 0.15) is 6.04 Å². The van der Waals surface area contributed by atoms with Crippen molar-refractivity contribution in [1.29, 1.82) is 0 Å². The van der Waals surface area contributed by atoms with E-state index in [1.807, 2.05) is 30.3 Å². The number of imide groups is 1. The number of aliphatic hydroxyl groups is 1. The molecule has 0 aromatic heterocycles. The van der Waals surface area contributed by atoms with E-state index in [4.69, 9.17) is 0 Å². The number of aliphatic hydroxyl groups excluding tert-OH is 1. The normalized spacial score (nSPS) is 24.0. The number of ketones is 1. The second-order valence-corrected chi connectivity index (χ2v) is 10.1. The fourth-order valence-electron chi connectivity index (χ4n) is 5.45. The van der Waals surface area contributed by atoms with E-state index in [0.29, 0.717) is 35.2 Å². The highest BCUT2D eigenvalue weighted by Gasteiger charge is 2.40. The fraction of sp³-hybridized carbons (Fsp3) is 0.345. The van der Waals surface area contributed by atoms with Crippen molar-refractivity contribution < 1.29 is 29.1 Å². The minimum atomic E-state index is -0.880. The number of piperidine rings is 1. The summed E-state index contributed by atoms with van der Waals surface area (Å²) in [4.78, 5) is 63.5. The highest BCUT2D eigenvalue weighted by atomic mass is 16.3. The first-order valence-electron chi connectivity index (χ1n) is 13.1. The van der Waals surface area contributed by atoms with E-state index in [0.717, 1.165) is 5.56 Å². The third kappa shape index (κ3) is 5.61. The fourth-order valence-corrected chi connectivity index (χ4v) is 5.45. The number of amides is 4. The highest BCUT2D eigenvalue weighted by molar-refractivity contribution is 6.06. The molecule has 10 nitrogen and oxygen atoms in total. The van der Waals surface area contributed by atoms with E-state index < -0.39 is 18.1 Å². The van der Waals surface area contributed by atoms with Gasteiger partial charge in [-0.3, -0.25) is 29.3 Å². The monoisotopic (exact) mass is 530 g/mol. The van der Waals surface area contributed by atoms with Crippen LogP contribution in [0.15, 0.2) is 60.3 Å². The lowest BCUT2D eigenvalue weighted by atomic mass is 9.79. The van der Waals surface area contributed by atoms with E-state index in [9.17, 15) is 29.1 Å². The summed E-state index contributed by atoms with van der Waals surface area (Å²) in [6, 6.07) is 14.0. The molecule has 0 spiro atoms. The number of carbonyl (C=O) groups excluding carboxylic acids is 5. The molecule has 1 saturated heterocycles. The van der Waals surface area contributed by atoms with Gasteiger partial charge in [0.2, 0.25) is 17.7 Å². The zero-order chi connectivity index (χ0) is 27.5. The Kier molecular flexibility index (Phi) is 7.56. The Labute approximate surface area is 225 Å². The standard InChI is InChI=1S/C29H30N4O6/c34-24-13-18(17-5-2-1-3-6-17)14-25(35)20(24)15-30-12-11-27(37)31-22-8-4-7-19-21(22)16-33(29(19)39)23-9-10-26(36)32-28(23)38/h1-8,15,18,23-24,30,34H,9-14,16H2,(H,31,37)(H,32,36,38)/b20-15+. The van der Waals surface area contributed by atoms with Crippen LogP contribution in [0.4, 0.5) is 5.69 Å². The van der Waals surface area contributed by atoms with Gasteiger partial charge in [-0.05, 0) is 36.5 Å². The average Bonchev–Trinajstić information content (AvgIpc) is 3.25. The van der Waals surface area contributed by atoms with E-state index in [1.54, 1.807) is 18.2 Å². The molecular weight excluding hydrogens is 500 g/mol. The van der Waals surface area contributed by atoms with Crippen molar-refractivity contribution in [3.8, 4) is 0 Å². The molecule has 3 aliphatic rings. The summed E-state index contributed by atoms with van der Waals surface area (Å²) in [7, 11) is 0. The predicted octanol–water partition coefficient (Wildman–Crippen LogP) is 1.76. The van der Waals surface area contributed by atoms with Crippen molar-refractivity contribution >= 4 is 35.1 Å². The molecule has 2 aromatic carbocycles. The molecule has 3 unspecified atom stereocenters. The second-order valence-electron chi connectivity index (χ2n) is 10.1. The van der Waals surface area contributed by atoms with Crippen LogP contribution in [0, 0.1) is 0 Å². The molecule has 3 atom stereocenters. The van der Waals surface area contributed by atoms with Gasteiger partial charge in [0.25, 0.3) is 5.91 Å². The minimum Gasteiger partial charge on any atom is -0.390 e. The molecule has 0 bridgehead atoms. The van der Waals surface area contributed by atoms with Crippen molar-refractivity contribution in [2.24, 2.45) is 0 Å². The Bertz CT molecular complexity index is 1350. The molecule has 4 N–H and O–H groups in total. The highest BCUT2D eigenvalue weighted by Crippen LogP contribution is 2.34. The first-order valence-corrected chi connectivity index (χ1v) is 13.1.